The molecular weight excluding hydrogens is 197 g/mol. The molecule has 0 atom stereocenters. The first kappa shape index (κ1) is 9.51. The van der Waals surface area contributed by atoms with E-state index in [0.29, 0.717) is 17.0 Å². The molecule has 1 heterocycles. The van der Waals surface area contributed by atoms with E-state index in [0.717, 1.165) is 0 Å². The Morgan fingerprint density at radius 2 is 2.27 bits per heavy atom. The van der Waals surface area contributed by atoms with E-state index >= 15 is 0 Å². The molecule has 0 aliphatic heterocycles. The molecular formula is C10H10FN3O. The lowest BCUT2D eigenvalue weighted by Crippen LogP contribution is -1.90. The third kappa shape index (κ3) is 1.76. The van der Waals surface area contributed by atoms with Crippen molar-refractivity contribution in [2.45, 2.75) is 0 Å². The summed E-state index contributed by atoms with van der Waals surface area (Å²) in [4.78, 5) is 6.66. The van der Waals surface area contributed by atoms with Gasteiger partial charge in [0.15, 0.2) is 5.95 Å². The summed E-state index contributed by atoms with van der Waals surface area (Å²) in [6, 6.07) is 4.26. The highest BCUT2D eigenvalue weighted by Crippen LogP contribution is 2.29. The van der Waals surface area contributed by atoms with Crippen molar-refractivity contribution < 1.29 is 9.13 Å². The smallest absolute Gasteiger partial charge is 0.197 e. The van der Waals surface area contributed by atoms with Gasteiger partial charge in [0.2, 0.25) is 0 Å². The predicted molar refractivity (Wildman–Crippen MR) is 54.9 cm³/mol. The molecule has 4 nitrogen and oxygen atoms in total. The van der Waals surface area contributed by atoms with Crippen LogP contribution in [-0.2, 0) is 0 Å². The molecule has 0 amide bonds. The van der Waals surface area contributed by atoms with E-state index in [1.807, 2.05) is 0 Å². The number of halogens is 1. The second-order valence-electron chi connectivity index (χ2n) is 3.03. The Kier molecular flexibility index (Phi) is 2.29. The third-order valence-corrected chi connectivity index (χ3v) is 2.05. The molecule has 3 N–H and O–H groups in total. The zero-order valence-electron chi connectivity index (χ0n) is 8.12. The number of ether oxygens (including phenoxy) is 1. The summed E-state index contributed by atoms with van der Waals surface area (Å²) in [6.07, 6.45) is 1.53. The van der Waals surface area contributed by atoms with Crippen molar-refractivity contribution in [2.75, 3.05) is 12.8 Å². The molecule has 2 rings (SSSR count). The Hall–Kier alpha value is -2.04. The summed E-state index contributed by atoms with van der Waals surface area (Å²) in [6.45, 7) is 0. The van der Waals surface area contributed by atoms with Gasteiger partial charge in [-0.15, -0.1) is 0 Å². The molecule has 0 bridgehead atoms. The minimum absolute atomic E-state index is 0.288. The minimum atomic E-state index is -0.334. The van der Waals surface area contributed by atoms with Crippen LogP contribution in [0.2, 0.25) is 0 Å². The van der Waals surface area contributed by atoms with Gasteiger partial charge in [0.1, 0.15) is 11.6 Å². The van der Waals surface area contributed by atoms with E-state index in [9.17, 15) is 4.39 Å². The van der Waals surface area contributed by atoms with Gasteiger partial charge in [0.25, 0.3) is 0 Å². The van der Waals surface area contributed by atoms with Gasteiger partial charge < -0.3 is 15.5 Å². The summed E-state index contributed by atoms with van der Waals surface area (Å²) in [5, 5.41) is 0. The van der Waals surface area contributed by atoms with Crippen LogP contribution in [-0.4, -0.2) is 17.1 Å². The van der Waals surface area contributed by atoms with Crippen molar-refractivity contribution in [2.24, 2.45) is 0 Å². The van der Waals surface area contributed by atoms with Crippen molar-refractivity contribution in [1.82, 2.24) is 9.97 Å². The maximum atomic E-state index is 13.1. The Morgan fingerprint density at radius 1 is 1.47 bits per heavy atom. The molecule has 78 valence electrons. The quantitative estimate of drug-likeness (QED) is 0.789. The van der Waals surface area contributed by atoms with Crippen LogP contribution in [0.3, 0.4) is 0 Å². The molecule has 0 radical (unpaired) electrons. The lowest BCUT2D eigenvalue weighted by molar-refractivity contribution is 0.415. The zero-order chi connectivity index (χ0) is 10.8. The Labute approximate surface area is 85.9 Å². The van der Waals surface area contributed by atoms with Crippen molar-refractivity contribution in [3.63, 3.8) is 0 Å². The Bertz CT molecular complexity index is 481. The third-order valence-electron chi connectivity index (χ3n) is 2.05. The van der Waals surface area contributed by atoms with Gasteiger partial charge in [-0.2, -0.15) is 0 Å². The van der Waals surface area contributed by atoms with E-state index in [4.69, 9.17) is 10.5 Å². The van der Waals surface area contributed by atoms with E-state index in [1.54, 1.807) is 6.07 Å². The highest BCUT2D eigenvalue weighted by atomic mass is 19.1. The second-order valence-corrected chi connectivity index (χ2v) is 3.03. The molecule has 0 aliphatic rings. The Balaban J connectivity index is 2.55. The van der Waals surface area contributed by atoms with Crippen molar-refractivity contribution in [3.05, 3.63) is 30.2 Å². The second kappa shape index (κ2) is 3.61. The number of methoxy groups -OCH3 is 1. The topological polar surface area (TPSA) is 63.9 Å². The lowest BCUT2D eigenvalue weighted by Gasteiger charge is -2.05. The van der Waals surface area contributed by atoms with Gasteiger partial charge >= 0.3 is 0 Å². The fraction of sp³-hybridized carbons (Fsp3) is 0.100. The molecule has 0 saturated carbocycles. The number of anilines is 1. The van der Waals surface area contributed by atoms with E-state index in [-0.39, 0.29) is 11.8 Å². The SMILES string of the molecule is COc1ccc(F)cc1-c1cnc(N)[nH]1. The van der Waals surface area contributed by atoms with Crippen LogP contribution in [0.4, 0.5) is 10.3 Å². The molecule has 0 saturated heterocycles. The molecule has 0 unspecified atom stereocenters. The minimum Gasteiger partial charge on any atom is -0.496 e. The number of H-pyrrole nitrogens is 1. The number of benzene rings is 1. The molecule has 1 aromatic carbocycles. The first-order chi connectivity index (χ1) is 7.20. The predicted octanol–water partition coefficient (Wildman–Crippen LogP) is 1.81. The van der Waals surface area contributed by atoms with Crippen molar-refractivity contribution in [3.8, 4) is 17.0 Å². The molecule has 0 spiro atoms. The molecule has 15 heavy (non-hydrogen) atoms. The number of hydrogen-bond acceptors (Lipinski definition) is 3. The first-order valence-electron chi connectivity index (χ1n) is 4.35. The number of nitrogens with one attached hydrogen (secondary N) is 1. The van der Waals surface area contributed by atoms with Gasteiger partial charge in [-0.1, -0.05) is 0 Å². The highest BCUT2D eigenvalue weighted by Gasteiger charge is 2.09. The number of aromatic nitrogens is 2. The van der Waals surface area contributed by atoms with Crippen LogP contribution in [0.5, 0.6) is 5.75 Å². The average molecular weight is 207 g/mol. The number of aromatic amines is 1. The monoisotopic (exact) mass is 207 g/mol. The summed E-state index contributed by atoms with van der Waals surface area (Å²) in [5.74, 6) is 0.523. The number of hydrogen-bond donors (Lipinski definition) is 2. The number of rotatable bonds is 2. The van der Waals surface area contributed by atoms with Gasteiger partial charge in [-0.05, 0) is 18.2 Å². The van der Waals surface area contributed by atoms with Crippen molar-refractivity contribution >= 4 is 5.95 Å². The maximum absolute atomic E-state index is 13.1. The summed E-state index contributed by atoms with van der Waals surface area (Å²) in [5.41, 5.74) is 6.67. The van der Waals surface area contributed by atoms with Gasteiger partial charge in [-0.3, -0.25) is 0 Å². The average Bonchev–Trinajstić information content (AvgIpc) is 2.65. The van der Waals surface area contributed by atoms with Gasteiger partial charge in [-0.25, -0.2) is 9.37 Å². The van der Waals surface area contributed by atoms with Crippen molar-refractivity contribution in [1.29, 1.82) is 0 Å². The molecule has 0 fully saturated rings. The highest BCUT2D eigenvalue weighted by molar-refractivity contribution is 5.67. The van der Waals surface area contributed by atoms with E-state index in [2.05, 4.69) is 9.97 Å². The number of nitrogen functional groups attached to an aromatic ring is 1. The number of nitrogens with two attached hydrogens (primary N) is 1. The fourth-order valence-corrected chi connectivity index (χ4v) is 1.36. The maximum Gasteiger partial charge on any atom is 0.197 e. The summed E-state index contributed by atoms with van der Waals surface area (Å²) in [7, 11) is 1.52. The molecule has 5 heteroatoms. The fourth-order valence-electron chi connectivity index (χ4n) is 1.36. The summed E-state index contributed by atoms with van der Waals surface area (Å²) < 4.78 is 18.2. The first-order valence-corrected chi connectivity index (χ1v) is 4.35. The van der Waals surface area contributed by atoms with Gasteiger partial charge in [0, 0.05) is 5.56 Å². The van der Waals surface area contributed by atoms with Crippen LogP contribution in [0.15, 0.2) is 24.4 Å². The largest absolute Gasteiger partial charge is 0.496 e. The number of nitrogens with zero attached hydrogens (tertiary/aromatic N) is 1. The van der Waals surface area contributed by atoms with Crippen LogP contribution in [0, 0.1) is 5.82 Å². The van der Waals surface area contributed by atoms with E-state index < -0.39 is 0 Å². The lowest BCUT2D eigenvalue weighted by atomic mass is 10.1. The zero-order valence-corrected chi connectivity index (χ0v) is 8.12. The van der Waals surface area contributed by atoms with Gasteiger partial charge in [0.05, 0.1) is 19.0 Å². The van der Waals surface area contributed by atoms with Crippen LogP contribution in [0.25, 0.3) is 11.3 Å². The van der Waals surface area contributed by atoms with Crippen LogP contribution < -0.4 is 10.5 Å². The normalized spacial score (nSPS) is 10.3. The number of imidazole rings is 1. The molecule has 0 aliphatic carbocycles. The molecule has 1 aromatic heterocycles. The van der Waals surface area contributed by atoms with Crippen LogP contribution >= 0.6 is 0 Å². The Morgan fingerprint density at radius 3 is 2.87 bits per heavy atom. The summed E-state index contributed by atoms with van der Waals surface area (Å²) >= 11 is 0. The van der Waals surface area contributed by atoms with E-state index in [1.165, 1.54) is 25.4 Å². The van der Waals surface area contributed by atoms with Crippen LogP contribution in [0.1, 0.15) is 0 Å². The standard InChI is InChI=1S/C10H10FN3O/c1-15-9-3-2-6(11)4-7(9)8-5-13-10(12)14-8/h2-5H,1H3,(H3,12,13,14). The molecule has 2 aromatic rings.